The summed E-state index contributed by atoms with van der Waals surface area (Å²) >= 11 is 0. The Kier molecular flexibility index (Phi) is 5.35. The van der Waals surface area contributed by atoms with Crippen molar-refractivity contribution in [2.45, 2.75) is 30.9 Å². The van der Waals surface area contributed by atoms with Crippen LogP contribution in [0.15, 0.2) is 121 Å². The van der Waals surface area contributed by atoms with Crippen LogP contribution >= 0.6 is 0 Å². The summed E-state index contributed by atoms with van der Waals surface area (Å²) in [4.78, 5) is 0. The van der Waals surface area contributed by atoms with Gasteiger partial charge in [0.2, 0.25) is 0 Å². The van der Waals surface area contributed by atoms with Crippen LogP contribution < -0.4 is 10.4 Å². The molecule has 5 rings (SSSR count). The predicted octanol–water partition coefficient (Wildman–Crippen LogP) is 5.87. The summed E-state index contributed by atoms with van der Waals surface area (Å²) < 4.78 is 7.53. The fourth-order valence-corrected chi connectivity index (χ4v) is 9.68. The first kappa shape index (κ1) is 20.0. The minimum absolute atomic E-state index is 0.309. The van der Waals surface area contributed by atoms with E-state index in [0.717, 1.165) is 12.5 Å². The summed E-state index contributed by atoms with van der Waals surface area (Å²) in [6, 6.07) is 44.7. The van der Waals surface area contributed by atoms with E-state index in [0.29, 0.717) is 5.92 Å². The summed E-state index contributed by atoms with van der Waals surface area (Å²) in [7, 11) is -2.43. The van der Waals surface area contributed by atoms with Crippen LogP contribution in [-0.2, 0) is 10.0 Å². The van der Waals surface area contributed by atoms with Gasteiger partial charge in [-0.1, -0.05) is 121 Å². The molecule has 1 nitrogen and oxygen atoms in total. The highest BCUT2D eigenvalue weighted by atomic mass is 28.4. The van der Waals surface area contributed by atoms with Gasteiger partial charge in [0.05, 0.1) is 5.60 Å². The van der Waals surface area contributed by atoms with E-state index >= 15 is 0 Å². The van der Waals surface area contributed by atoms with E-state index in [2.05, 4.69) is 128 Å². The minimum Gasteiger partial charge on any atom is -0.398 e. The SMILES string of the molecule is CC1(c2ccccc2)O[Si](c2ccccc2)(c2ccccc2)CCC1c1ccccc1. The Morgan fingerprint density at radius 3 is 1.61 bits per heavy atom. The Labute approximate surface area is 186 Å². The van der Waals surface area contributed by atoms with E-state index in [1.165, 1.54) is 21.5 Å². The molecule has 0 saturated carbocycles. The third-order valence-corrected chi connectivity index (χ3v) is 11.2. The number of rotatable bonds is 4. The predicted molar refractivity (Wildman–Crippen MR) is 131 cm³/mol. The van der Waals surface area contributed by atoms with Crippen LogP contribution in [0.3, 0.4) is 0 Å². The van der Waals surface area contributed by atoms with Gasteiger partial charge >= 0.3 is 0 Å². The highest BCUT2D eigenvalue weighted by molar-refractivity contribution is 6.97. The van der Waals surface area contributed by atoms with Gasteiger partial charge in [-0.3, -0.25) is 0 Å². The van der Waals surface area contributed by atoms with Crippen LogP contribution in [0.2, 0.25) is 6.04 Å². The number of hydrogen-bond donors (Lipinski definition) is 0. The zero-order valence-corrected chi connectivity index (χ0v) is 18.9. The molecule has 1 heterocycles. The van der Waals surface area contributed by atoms with E-state index in [-0.39, 0.29) is 0 Å². The molecule has 154 valence electrons. The largest absolute Gasteiger partial charge is 0.398 e. The van der Waals surface area contributed by atoms with Crippen molar-refractivity contribution in [1.82, 2.24) is 0 Å². The summed E-state index contributed by atoms with van der Waals surface area (Å²) in [5.41, 5.74) is 2.21. The van der Waals surface area contributed by atoms with Crippen LogP contribution in [0.5, 0.6) is 0 Å². The van der Waals surface area contributed by atoms with Crippen molar-refractivity contribution in [3.05, 3.63) is 132 Å². The van der Waals surface area contributed by atoms with Crippen LogP contribution in [0.1, 0.15) is 30.4 Å². The molecule has 2 unspecified atom stereocenters. The van der Waals surface area contributed by atoms with E-state index in [1.54, 1.807) is 0 Å². The fraction of sp³-hybridized carbons (Fsp3) is 0.172. The molecule has 0 aliphatic carbocycles. The average Bonchev–Trinajstić information content (AvgIpc) is 2.86. The number of benzene rings is 4. The molecule has 2 atom stereocenters. The van der Waals surface area contributed by atoms with Crippen LogP contribution in [0.25, 0.3) is 0 Å². The lowest BCUT2D eigenvalue weighted by molar-refractivity contribution is 0.0312. The normalized spacial score (nSPS) is 22.7. The van der Waals surface area contributed by atoms with E-state index in [1.807, 2.05) is 0 Å². The van der Waals surface area contributed by atoms with Gasteiger partial charge in [0.15, 0.2) is 0 Å². The quantitative estimate of drug-likeness (QED) is 0.375. The first-order valence-electron chi connectivity index (χ1n) is 11.1. The van der Waals surface area contributed by atoms with Crippen LogP contribution in [0.4, 0.5) is 0 Å². The molecule has 0 radical (unpaired) electrons. The van der Waals surface area contributed by atoms with Gasteiger partial charge in [-0.05, 0) is 40.9 Å². The molecule has 1 saturated heterocycles. The Hall–Kier alpha value is -2.94. The maximum absolute atomic E-state index is 7.53. The third-order valence-electron chi connectivity index (χ3n) is 6.87. The van der Waals surface area contributed by atoms with Crippen LogP contribution in [0, 0.1) is 0 Å². The lowest BCUT2D eigenvalue weighted by atomic mass is 9.77. The lowest BCUT2D eigenvalue weighted by Crippen LogP contribution is -2.66. The van der Waals surface area contributed by atoms with Crippen molar-refractivity contribution in [2.24, 2.45) is 0 Å². The fourth-order valence-electron chi connectivity index (χ4n) is 5.29. The Bertz CT molecular complexity index is 1070. The average molecular weight is 421 g/mol. The number of hydrogen-bond acceptors (Lipinski definition) is 1. The second-order valence-corrected chi connectivity index (χ2v) is 12.1. The topological polar surface area (TPSA) is 9.23 Å². The van der Waals surface area contributed by atoms with Crippen LogP contribution in [-0.4, -0.2) is 8.32 Å². The van der Waals surface area contributed by atoms with Crippen molar-refractivity contribution >= 4 is 18.7 Å². The first-order chi connectivity index (χ1) is 15.2. The molecule has 0 amide bonds. The molecule has 1 fully saturated rings. The summed E-state index contributed by atoms with van der Waals surface area (Å²) in [6.45, 7) is 2.31. The minimum atomic E-state index is -2.43. The summed E-state index contributed by atoms with van der Waals surface area (Å²) in [6.07, 6.45) is 1.10. The first-order valence-corrected chi connectivity index (χ1v) is 13.3. The molecule has 0 N–H and O–H groups in total. The highest BCUT2D eigenvalue weighted by Gasteiger charge is 2.53. The molecule has 1 aliphatic heterocycles. The smallest absolute Gasteiger partial charge is 0.257 e. The molecule has 1 aliphatic rings. The van der Waals surface area contributed by atoms with Gasteiger partial charge in [0.25, 0.3) is 8.32 Å². The standard InChI is InChI=1S/C29H28OSi/c1-29(25-16-8-3-9-17-25)28(24-14-6-2-7-15-24)22-23-31(30-29,26-18-10-4-11-19-26)27-20-12-5-13-21-27/h2-21,28H,22-23H2,1H3. The maximum atomic E-state index is 7.53. The Morgan fingerprint density at radius 1 is 0.645 bits per heavy atom. The van der Waals surface area contributed by atoms with Crippen molar-refractivity contribution in [2.75, 3.05) is 0 Å². The monoisotopic (exact) mass is 420 g/mol. The molecule has 0 spiro atoms. The van der Waals surface area contributed by atoms with Gasteiger partial charge < -0.3 is 4.43 Å². The van der Waals surface area contributed by atoms with Gasteiger partial charge in [0, 0.05) is 5.92 Å². The van der Waals surface area contributed by atoms with E-state index in [4.69, 9.17) is 4.43 Å². The molecule has 2 heteroatoms. The van der Waals surface area contributed by atoms with Gasteiger partial charge in [0.1, 0.15) is 0 Å². The highest BCUT2D eigenvalue weighted by Crippen LogP contribution is 2.49. The molecular weight excluding hydrogens is 392 g/mol. The molecule has 31 heavy (non-hydrogen) atoms. The zero-order valence-electron chi connectivity index (χ0n) is 17.9. The molecular formula is C29H28OSi. The van der Waals surface area contributed by atoms with Crippen molar-refractivity contribution in [1.29, 1.82) is 0 Å². The maximum Gasteiger partial charge on any atom is 0.257 e. The Morgan fingerprint density at radius 2 is 1.10 bits per heavy atom. The van der Waals surface area contributed by atoms with Gasteiger partial charge in [-0.2, -0.15) is 0 Å². The van der Waals surface area contributed by atoms with Gasteiger partial charge in [-0.15, -0.1) is 0 Å². The van der Waals surface area contributed by atoms with Gasteiger partial charge in [-0.25, -0.2) is 0 Å². The van der Waals surface area contributed by atoms with Crippen molar-refractivity contribution < 1.29 is 4.43 Å². The second-order valence-electron chi connectivity index (χ2n) is 8.64. The summed E-state index contributed by atoms with van der Waals surface area (Å²) in [5, 5.41) is 2.71. The molecule has 4 aromatic rings. The third kappa shape index (κ3) is 3.56. The van der Waals surface area contributed by atoms with E-state index < -0.39 is 13.9 Å². The molecule has 0 bridgehead atoms. The molecule has 0 aromatic heterocycles. The Balaban J connectivity index is 1.70. The second kappa shape index (κ2) is 8.30. The summed E-state index contributed by atoms with van der Waals surface area (Å²) in [5.74, 6) is 0.309. The molecule has 4 aromatic carbocycles. The zero-order chi connectivity index (χ0) is 21.2. The lowest BCUT2D eigenvalue weighted by Gasteiger charge is -2.51. The van der Waals surface area contributed by atoms with Crippen molar-refractivity contribution in [3.8, 4) is 0 Å². The van der Waals surface area contributed by atoms with Crippen molar-refractivity contribution in [3.63, 3.8) is 0 Å². The van der Waals surface area contributed by atoms with E-state index in [9.17, 15) is 0 Å².